The fourth-order valence-electron chi connectivity index (χ4n) is 6.60. The number of amides is 1. The van der Waals surface area contributed by atoms with Crippen LogP contribution in [0.5, 0.6) is 17.2 Å². The van der Waals surface area contributed by atoms with Crippen molar-refractivity contribution < 1.29 is 19.0 Å². The predicted molar refractivity (Wildman–Crippen MR) is 197 cm³/mol. The summed E-state index contributed by atoms with van der Waals surface area (Å²) in [7, 11) is 1.59. The molecule has 10 heteroatoms. The van der Waals surface area contributed by atoms with Gasteiger partial charge in [0.1, 0.15) is 11.6 Å². The number of benzene rings is 4. The molecule has 0 spiro atoms. The fraction of sp³-hybridized carbons (Fsp3) is 0.300. The van der Waals surface area contributed by atoms with Gasteiger partial charge in [-0.25, -0.2) is 4.98 Å². The third-order valence-corrected chi connectivity index (χ3v) is 9.47. The van der Waals surface area contributed by atoms with E-state index in [0.717, 1.165) is 62.8 Å². The van der Waals surface area contributed by atoms with Gasteiger partial charge < -0.3 is 19.1 Å². The van der Waals surface area contributed by atoms with Crippen molar-refractivity contribution in [2.75, 3.05) is 26.9 Å². The van der Waals surface area contributed by atoms with E-state index in [2.05, 4.69) is 4.99 Å². The Hall–Kier alpha value is -5.15. The number of halogens is 1. The lowest BCUT2D eigenvalue weighted by Gasteiger charge is -2.20. The second kappa shape index (κ2) is 15.2. The maximum Gasteiger partial charge on any atom is 0.266 e. The number of carbonyl (C=O) groups is 1. The van der Waals surface area contributed by atoms with Crippen molar-refractivity contribution in [1.82, 2.24) is 14.5 Å². The third kappa shape index (κ3) is 7.09. The van der Waals surface area contributed by atoms with Gasteiger partial charge in [0.05, 0.1) is 54.2 Å². The number of unbranched alkanes of at least 4 members (excludes halogenated alkanes) is 4. The van der Waals surface area contributed by atoms with Gasteiger partial charge in [-0.2, -0.15) is 0 Å². The highest BCUT2D eigenvalue weighted by Crippen LogP contribution is 2.38. The largest absolute Gasteiger partial charge is 0.494 e. The number of hydrogen-bond donors (Lipinski definition) is 0. The second-order valence-corrected chi connectivity index (χ2v) is 13.0. The van der Waals surface area contributed by atoms with Gasteiger partial charge in [0.15, 0.2) is 11.5 Å². The number of aromatic nitrogens is 2. The Morgan fingerprint density at radius 3 is 2.38 bits per heavy atom. The normalized spacial score (nSPS) is 15.1. The van der Waals surface area contributed by atoms with E-state index in [9.17, 15) is 9.59 Å². The van der Waals surface area contributed by atoms with Crippen molar-refractivity contribution in [3.05, 3.63) is 106 Å². The Labute approximate surface area is 296 Å². The lowest BCUT2D eigenvalue weighted by atomic mass is 10.1. The van der Waals surface area contributed by atoms with Crippen LogP contribution in [-0.2, 0) is 0 Å². The molecule has 0 unspecified atom stereocenters. The highest BCUT2D eigenvalue weighted by Gasteiger charge is 2.32. The van der Waals surface area contributed by atoms with Crippen LogP contribution in [0.15, 0.2) is 94.7 Å². The minimum Gasteiger partial charge on any atom is -0.494 e. The molecule has 0 aliphatic carbocycles. The minimum absolute atomic E-state index is 0.00442. The molecular weight excluding hydrogens is 652 g/mol. The summed E-state index contributed by atoms with van der Waals surface area (Å²) >= 11 is 6.23. The van der Waals surface area contributed by atoms with E-state index >= 15 is 0 Å². The molecule has 0 saturated carbocycles. The van der Waals surface area contributed by atoms with Crippen LogP contribution in [-0.4, -0.2) is 59.5 Å². The average molecular weight is 691 g/mol. The smallest absolute Gasteiger partial charge is 0.266 e. The summed E-state index contributed by atoms with van der Waals surface area (Å²) in [6.07, 6.45) is 8.79. The van der Waals surface area contributed by atoms with E-state index in [1.807, 2.05) is 71.8 Å². The number of aliphatic imine (C=N–C) groups is 1. The first-order valence-electron chi connectivity index (χ1n) is 17.2. The molecule has 1 atom stereocenters. The van der Waals surface area contributed by atoms with E-state index in [-0.39, 0.29) is 17.5 Å². The van der Waals surface area contributed by atoms with Crippen LogP contribution in [0.1, 0.15) is 55.3 Å². The maximum absolute atomic E-state index is 13.7. The van der Waals surface area contributed by atoms with Crippen molar-refractivity contribution in [3.63, 3.8) is 0 Å². The summed E-state index contributed by atoms with van der Waals surface area (Å²) in [6.45, 7) is 1.92. The molecule has 2 aliphatic rings. The van der Waals surface area contributed by atoms with Gasteiger partial charge in [0.25, 0.3) is 11.5 Å². The molecule has 5 aromatic rings. The molecule has 1 aromatic heterocycles. The molecule has 2 aliphatic heterocycles. The van der Waals surface area contributed by atoms with Crippen LogP contribution >= 0.6 is 11.6 Å². The lowest BCUT2D eigenvalue weighted by Crippen LogP contribution is -2.35. The summed E-state index contributed by atoms with van der Waals surface area (Å²) in [5.74, 6) is 2.48. The van der Waals surface area contributed by atoms with Crippen molar-refractivity contribution >= 4 is 40.3 Å². The van der Waals surface area contributed by atoms with Gasteiger partial charge in [-0.05, 0) is 74.2 Å². The second-order valence-electron chi connectivity index (χ2n) is 12.6. The van der Waals surface area contributed by atoms with E-state index in [4.69, 9.17) is 30.8 Å². The standard InChI is InChI=1S/C40H39ClN4O5/c1-48-36-24-33-35(42-26-30-13-10-20-44(30)39(33)46)25-37(36)50-22-9-4-2-3-8-21-49-31-17-15-29(16-18-31)45-38(27-11-6-5-7-12-27)43-34-19-14-28(41)23-32(34)40(45)47/h5-7,11-12,14-19,23-26,30H,2-4,8-10,13,20-22H2,1H3/t30-/m0/s1. The summed E-state index contributed by atoms with van der Waals surface area (Å²) in [6, 6.07) is 26.1. The molecule has 3 heterocycles. The van der Waals surface area contributed by atoms with Gasteiger partial charge in [0.2, 0.25) is 0 Å². The van der Waals surface area contributed by atoms with E-state index in [1.54, 1.807) is 35.9 Å². The zero-order valence-electron chi connectivity index (χ0n) is 28.0. The monoisotopic (exact) mass is 690 g/mol. The Balaban J connectivity index is 0.889. The van der Waals surface area contributed by atoms with Crippen molar-refractivity contribution in [1.29, 1.82) is 0 Å². The van der Waals surface area contributed by atoms with E-state index in [0.29, 0.717) is 63.4 Å². The zero-order valence-corrected chi connectivity index (χ0v) is 28.8. The average Bonchev–Trinajstić information content (AvgIpc) is 3.58. The highest BCUT2D eigenvalue weighted by molar-refractivity contribution is 6.31. The molecule has 1 fully saturated rings. The molecule has 9 nitrogen and oxygen atoms in total. The van der Waals surface area contributed by atoms with Crippen LogP contribution in [0, 0.1) is 0 Å². The Morgan fingerprint density at radius 1 is 0.840 bits per heavy atom. The lowest BCUT2D eigenvalue weighted by molar-refractivity contribution is 0.0774. The number of ether oxygens (including phenoxy) is 3. The maximum atomic E-state index is 13.7. The Kier molecular flexibility index (Phi) is 10.1. The van der Waals surface area contributed by atoms with Crippen molar-refractivity contribution in [3.8, 4) is 34.3 Å². The number of fused-ring (bicyclic) bond motifs is 3. The van der Waals surface area contributed by atoms with Gasteiger partial charge in [0, 0.05) is 29.4 Å². The summed E-state index contributed by atoms with van der Waals surface area (Å²) in [4.78, 5) is 38.1. The first-order chi connectivity index (χ1) is 24.5. The fourth-order valence-corrected chi connectivity index (χ4v) is 6.77. The Morgan fingerprint density at radius 2 is 1.60 bits per heavy atom. The van der Waals surface area contributed by atoms with E-state index in [1.165, 1.54) is 0 Å². The molecule has 0 radical (unpaired) electrons. The molecule has 7 rings (SSSR count). The molecule has 1 amide bonds. The summed E-state index contributed by atoms with van der Waals surface area (Å²) < 4.78 is 19.3. The predicted octanol–water partition coefficient (Wildman–Crippen LogP) is 8.44. The van der Waals surface area contributed by atoms with E-state index < -0.39 is 0 Å². The molecule has 0 N–H and O–H groups in total. The van der Waals surface area contributed by atoms with Crippen LogP contribution in [0.4, 0.5) is 5.69 Å². The summed E-state index contributed by atoms with van der Waals surface area (Å²) in [5, 5.41) is 0.953. The number of methoxy groups -OCH3 is 1. The molecule has 50 heavy (non-hydrogen) atoms. The van der Waals surface area contributed by atoms with Crippen molar-refractivity contribution in [2.45, 2.75) is 51.0 Å². The van der Waals surface area contributed by atoms with Crippen LogP contribution in [0.25, 0.3) is 28.0 Å². The SMILES string of the molecule is COc1cc2c(cc1OCCCCCCCOc1ccc(-n3c(-c4ccccc4)nc4ccc(Cl)cc4c3=O)cc1)N=C[C@@H]1CCCN1C2=O. The van der Waals surface area contributed by atoms with Crippen LogP contribution < -0.4 is 19.8 Å². The van der Waals surface area contributed by atoms with Crippen LogP contribution in [0.2, 0.25) is 5.02 Å². The van der Waals surface area contributed by atoms with Crippen molar-refractivity contribution in [2.24, 2.45) is 4.99 Å². The van der Waals surface area contributed by atoms with Crippen LogP contribution in [0.3, 0.4) is 0 Å². The quantitative estimate of drug-likeness (QED) is 0.115. The zero-order chi connectivity index (χ0) is 34.5. The molecule has 256 valence electrons. The van der Waals surface area contributed by atoms with Gasteiger partial charge in [-0.15, -0.1) is 0 Å². The Bertz CT molecular complexity index is 2080. The van der Waals surface area contributed by atoms with Gasteiger partial charge in [-0.1, -0.05) is 61.2 Å². The molecule has 4 aromatic carbocycles. The molecule has 0 bridgehead atoms. The van der Waals surface area contributed by atoms with Gasteiger partial charge >= 0.3 is 0 Å². The first-order valence-corrected chi connectivity index (χ1v) is 17.6. The minimum atomic E-state index is -0.182. The number of rotatable bonds is 13. The highest BCUT2D eigenvalue weighted by atomic mass is 35.5. The summed E-state index contributed by atoms with van der Waals surface area (Å²) in [5.41, 5.74) is 3.16. The molecule has 1 saturated heterocycles. The first kappa shape index (κ1) is 33.4. The number of carbonyl (C=O) groups excluding carboxylic acids is 1. The topological polar surface area (TPSA) is 95.2 Å². The number of nitrogens with zero attached hydrogens (tertiary/aromatic N) is 4. The third-order valence-electron chi connectivity index (χ3n) is 9.23. The molecular formula is C40H39ClN4O5. The number of hydrogen-bond acceptors (Lipinski definition) is 7. The van der Waals surface area contributed by atoms with Gasteiger partial charge in [-0.3, -0.25) is 19.1 Å².